The molecule has 6 rings (SSSR count). The molecule has 1 aromatic carbocycles. The number of alkyl halides is 3. The van der Waals surface area contributed by atoms with E-state index in [1.54, 1.807) is 15.8 Å². The number of carbonyl (C=O) groups excluding carboxylic acids is 1. The summed E-state index contributed by atoms with van der Waals surface area (Å²) in [5, 5.41) is 16.4. The average Bonchev–Trinajstić information content (AvgIpc) is 3.61. The van der Waals surface area contributed by atoms with Gasteiger partial charge in [0.15, 0.2) is 0 Å². The van der Waals surface area contributed by atoms with E-state index in [2.05, 4.69) is 20.2 Å². The van der Waals surface area contributed by atoms with Crippen molar-refractivity contribution in [1.29, 1.82) is 0 Å². The van der Waals surface area contributed by atoms with Crippen molar-refractivity contribution >= 4 is 35.0 Å². The van der Waals surface area contributed by atoms with Gasteiger partial charge in [0.2, 0.25) is 0 Å². The molecule has 4 aliphatic rings. The summed E-state index contributed by atoms with van der Waals surface area (Å²) in [7, 11) is 0. The van der Waals surface area contributed by atoms with Crippen LogP contribution in [-0.2, 0) is 16.5 Å². The summed E-state index contributed by atoms with van der Waals surface area (Å²) >= 11 is 6.07. The molecular weight excluding hydrogens is 549 g/mol. The Labute approximate surface area is 234 Å². The van der Waals surface area contributed by atoms with Crippen molar-refractivity contribution < 1.29 is 27.9 Å². The lowest BCUT2D eigenvalue weighted by atomic mass is 9.76. The summed E-state index contributed by atoms with van der Waals surface area (Å²) in [4.78, 5) is 31.0. The van der Waals surface area contributed by atoms with E-state index < -0.39 is 23.4 Å². The number of carboxylic acid groups (broad SMARTS) is 1. The van der Waals surface area contributed by atoms with E-state index in [4.69, 9.17) is 11.6 Å². The molecule has 2 amide bonds. The van der Waals surface area contributed by atoms with Gasteiger partial charge in [-0.15, -0.1) is 0 Å². The van der Waals surface area contributed by atoms with Crippen molar-refractivity contribution in [3.8, 4) is 0 Å². The number of amides is 2. The normalized spacial score (nSPS) is 24.8. The van der Waals surface area contributed by atoms with Gasteiger partial charge in [-0.05, 0) is 62.6 Å². The molecule has 13 heteroatoms. The highest BCUT2D eigenvalue weighted by molar-refractivity contribution is 6.33. The molecule has 1 saturated carbocycles. The van der Waals surface area contributed by atoms with Gasteiger partial charge in [-0.3, -0.25) is 14.4 Å². The number of halogens is 4. The Morgan fingerprint density at radius 2 is 1.90 bits per heavy atom. The van der Waals surface area contributed by atoms with Crippen molar-refractivity contribution in [2.24, 2.45) is 5.92 Å². The maximum atomic E-state index is 13.3. The quantitative estimate of drug-likeness (QED) is 0.513. The first-order valence-corrected chi connectivity index (χ1v) is 14.1. The van der Waals surface area contributed by atoms with E-state index in [0.717, 1.165) is 69.7 Å². The molecular formula is C27H32ClF3N6O3. The number of hydrogen-bond donors (Lipinski definition) is 2. The molecule has 3 aliphatic heterocycles. The summed E-state index contributed by atoms with van der Waals surface area (Å²) in [6.45, 7) is 4.18. The minimum atomic E-state index is -4.51. The van der Waals surface area contributed by atoms with Gasteiger partial charge in [0, 0.05) is 51.0 Å². The number of aromatic nitrogens is 2. The second-order valence-electron chi connectivity index (χ2n) is 11.5. The van der Waals surface area contributed by atoms with Gasteiger partial charge in [0.25, 0.3) is 5.91 Å². The number of rotatable bonds is 6. The number of fused-ring (bicyclic) bond motifs is 2. The first-order valence-electron chi connectivity index (χ1n) is 13.8. The molecule has 2 aromatic rings. The monoisotopic (exact) mass is 580 g/mol. The van der Waals surface area contributed by atoms with Gasteiger partial charge in [0.05, 0.1) is 28.2 Å². The molecule has 1 aliphatic carbocycles. The third-order valence-electron chi connectivity index (χ3n) is 9.23. The van der Waals surface area contributed by atoms with Crippen molar-refractivity contribution in [3.63, 3.8) is 0 Å². The van der Waals surface area contributed by atoms with Crippen molar-refractivity contribution in [1.82, 2.24) is 19.6 Å². The highest BCUT2D eigenvalue weighted by Gasteiger charge is 2.48. The first-order chi connectivity index (χ1) is 19.0. The molecule has 0 radical (unpaired) electrons. The summed E-state index contributed by atoms with van der Waals surface area (Å²) in [6, 6.07) is 3.37. The van der Waals surface area contributed by atoms with Crippen LogP contribution in [0.5, 0.6) is 0 Å². The van der Waals surface area contributed by atoms with Gasteiger partial charge in [-0.25, -0.2) is 4.79 Å². The predicted molar refractivity (Wildman–Crippen MR) is 143 cm³/mol. The molecule has 3 saturated heterocycles. The lowest BCUT2D eigenvalue weighted by molar-refractivity contribution is -0.137. The SMILES string of the molecule is O=C(O)N1C[C@H]2C[C@@H]1CN2CC1CCN(c2cnn(C3(C(=O)Nc4ccc(C(F)(F)F)cc4Cl)CCC3)c2)CC1. The molecule has 2 atom stereocenters. The maximum absolute atomic E-state index is 13.3. The number of piperazine rings is 1. The summed E-state index contributed by atoms with van der Waals surface area (Å²) in [5.41, 5.74) is -0.682. The molecule has 2 N–H and O–H groups in total. The van der Waals surface area contributed by atoms with Gasteiger partial charge in [-0.1, -0.05) is 11.6 Å². The van der Waals surface area contributed by atoms with Crippen LogP contribution in [0.1, 0.15) is 44.1 Å². The Balaban J connectivity index is 1.05. The van der Waals surface area contributed by atoms with Gasteiger partial charge < -0.3 is 20.2 Å². The molecule has 4 heterocycles. The highest BCUT2D eigenvalue weighted by Crippen LogP contribution is 2.42. The van der Waals surface area contributed by atoms with E-state index in [9.17, 15) is 27.9 Å². The van der Waals surface area contributed by atoms with Gasteiger partial charge >= 0.3 is 12.3 Å². The highest BCUT2D eigenvalue weighted by atomic mass is 35.5. The number of anilines is 2. The summed E-state index contributed by atoms with van der Waals surface area (Å²) < 4.78 is 40.7. The fourth-order valence-corrected chi connectivity index (χ4v) is 6.95. The number of nitrogens with zero attached hydrogens (tertiary/aromatic N) is 5. The molecule has 0 spiro atoms. The zero-order valence-electron chi connectivity index (χ0n) is 21.9. The molecule has 4 fully saturated rings. The van der Waals surface area contributed by atoms with Crippen molar-refractivity contribution in [2.45, 2.75) is 62.3 Å². The number of piperidine rings is 1. The topological polar surface area (TPSA) is 93.9 Å². The van der Waals surface area contributed by atoms with E-state index >= 15 is 0 Å². The fraction of sp³-hybridized carbons (Fsp3) is 0.593. The number of likely N-dealkylation sites (tertiary alicyclic amines) is 2. The van der Waals surface area contributed by atoms with Gasteiger partial charge in [0.1, 0.15) is 5.54 Å². The van der Waals surface area contributed by atoms with Crippen molar-refractivity contribution in [2.75, 3.05) is 42.9 Å². The largest absolute Gasteiger partial charge is 0.465 e. The summed E-state index contributed by atoms with van der Waals surface area (Å²) in [5.74, 6) is 0.219. The number of nitrogens with one attached hydrogen (secondary N) is 1. The first kappa shape index (κ1) is 27.2. The van der Waals surface area contributed by atoms with Crippen LogP contribution in [0.25, 0.3) is 0 Å². The van der Waals surface area contributed by atoms with Crippen LogP contribution in [0.4, 0.5) is 29.3 Å². The molecule has 40 heavy (non-hydrogen) atoms. The number of benzene rings is 1. The Hall–Kier alpha value is -2.99. The average molecular weight is 581 g/mol. The third-order valence-corrected chi connectivity index (χ3v) is 9.54. The van der Waals surface area contributed by atoms with Crippen LogP contribution in [-0.4, -0.2) is 81.5 Å². The Kier molecular flexibility index (Phi) is 6.89. The minimum Gasteiger partial charge on any atom is -0.465 e. The van der Waals surface area contributed by atoms with Crippen LogP contribution in [0, 0.1) is 5.92 Å². The lowest BCUT2D eigenvalue weighted by Crippen LogP contribution is -2.51. The Bertz CT molecular complexity index is 1290. The molecule has 216 valence electrons. The Morgan fingerprint density at radius 3 is 2.48 bits per heavy atom. The second-order valence-corrected chi connectivity index (χ2v) is 11.9. The van der Waals surface area contributed by atoms with Crippen LogP contribution >= 0.6 is 11.6 Å². The summed E-state index contributed by atoms with van der Waals surface area (Å²) in [6.07, 6.45) is 3.34. The van der Waals surface area contributed by atoms with E-state index in [1.165, 1.54) is 6.07 Å². The van der Waals surface area contributed by atoms with E-state index in [-0.39, 0.29) is 22.7 Å². The molecule has 9 nitrogen and oxygen atoms in total. The second kappa shape index (κ2) is 10.1. The van der Waals surface area contributed by atoms with E-state index in [1.807, 2.05) is 6.20 Å². The van der Waals surface area contributed by atoms with Crippen LogP contribution in [0.15, 0.2) is 30.6 Å². The Morgan fingerprint density at radius 1 is 1.15 bits per heavy atom. The van der Waals surface area contributed by atoms with E-state index in [0.29, 0.717) is 31.3 Å². The van der Waals surface area contributed by atoms with Gasteiger partial charge in [-0.2, -0.15) is 18.3 Å². The third kappa shape index (κ3) is 4.89. The fourth-order valence-electron chi connectivity index (χ4n) is 6.73. The zero-order valence-corrected chi connectivity index (χ0v) is 22.7. The van der Waals surface area contributed by atoms with Crippen LogP contribution in [0.2, 0.25) is 5.02 Å². The standard InChI is InChI=1S/C27H32ClF3N6O3/c28-22-10-18(27(29,30)31)2-3-23(22)33-24(38)26(6-1-7-26)37-16-21(12-32-37)34-8-4-17(5-9-34)13-35-14-20-11-19(35)15-36(20)25(39)40/h2-3,10,12,16-17,19-20H,1,4-9,11,13-15H2,(H,33,38)(H,39,40)/t19-,20-/m1/s1. The number of hydrogen-bond acceptors (Lipinski definition) is 5. The van der Waals surface area contributed by atoms with Crippen LogP contribution < -0.4 is 10.2 Å². The minimum absolute atomic E-state index is 0.125. The number of carbonyl (C=O) groups is 2. The molecule has 0 unspecified atom stereocenters. The molecule has 2 bridgehead atoms. The predicted octanol–water partition coefficient (Wildman–Crippen LogP) is 4.73. The van der Waals surface area contributed by atoms with Crippen LogP contribution in [0.3, 0.4) is 0 Å². The van der Waals surface area contributed by atoms with Crippen molar-refractivity contribution in [3.05, 3.63) is 41.2 Å². The zero-order chi connectivity index (χ0) is 28.2. The molecule has 1 aromatic heterocycles. The smallest absolute Gasteiger partial charge is 0.416 e. The maximum Gasteiger partial charge on any atom is 0.416 e. The lowest BCUT2D eigenvalue weighted by Gasteiger charge is -2.40.